The summed E-state index contributed by atoms with van der Waals surface area (Å²) in [5, 5.41) is 0. The van der Waals surface area contributed by atoms with Gasteiger partial charge in [0.05, 0.1) is 13.7 Å². The Balaban J connectivity index is 1.36. The first-order valence-corrected chi connectivity index (χ1v) is 12.1. The number of ether oxygens (including phenoxy) is 2. The third kappa shape index (κ3) is 6.24. The van der Waals surface area contributed by atoms with Gasteiger partial charge < -0.3 is 14.4 Å². The fourth-order valence-corrected chi connectivity index (χ4v) is 5.16. The molecule has 1 atom stereocenters. The molecule has 2 aromatic carbocycles. The molecule has 0 saturated carbocycles. The van der Waals surface area contributed by atoms with Gasteiger partial charge in [0.15, 0.2) is 0 Å². The van der Waals surface area contributed by atoms with Gasteiger partial charge in [0.25, 0.3) is 0 Å². The van der Waals surface area contributed by atoms with Gasteiger partial charge in [0, 0.05) is 38.9 Å². The number of benzene rings is 2. The van der Waals surface area contributed by atoms with Crippen molar-refractivity contribution in [3.8, 4) is 5.75 Å². The summed E-state index contributed by atoms with van der Waals surface area (Å²) < 4.78 is 10.5. The lowest BCUT2D eigenvalue weighted by atomic mass is 9.95. The van der Waals surface area contributed by atoms with E-state index in [0.717, 1.165) is 37.2 Å². The monoisotopic (exact) mass is 448 g/mol. The summed E-state index contributed by atoms with van der Waals surface area (Å²) in [4.78, 5) is 17.7. The first-order valence-electron chi connectivity index (χ1n) is 12.1. The van der Waals surface area contributed by atoms with Crippen molar-refractivity contribution >= 4 is 12.0 Å². The summed E-state index contributed by atoms with van der Waals surface area (Å²) >= 11 is 0. The van der Waals surface area contributed by atoms with Crippen molar-refractivity contribution in [1.29, 1.82) is 0 Å². The molecule has 4 rings (SSSR count). The minimum absolute atomic E-state index is 0.0493. The van der Waals surface area contributed by atoms with Crippen LogP contribution in [-0.4, -0.2) is 68.8 Å². The van der Waals surface area contributed by atoms with E-state index in [1.165, 1.54) is 30.5 Å². The van der Waals surface area contributed by atoms with Crippen LogP contribution in [0.1, 0.15) is 29.5 Å². The zero-order chi connectivity index (χ0) is 23.0. The largest absolute Gasteiger partial charge is 0.497 e. The maximum absolute atomic E-state index is 13.1. The van der Waals surface area contributed by atoms with Crippen LogP contribution in [0, 0.1) is 5.92 Å². The highest BCUT2D eigenvalue weighted by Crippen LogP contribution is 2.29. The van der Waals surface area contributed by atoms with E-state index in [1.807, 2.05) is 35.2 Å². The van der Waals surface area contributed by atoms with E-state index in [4.69, 9.17) is 9.47 Å². The van der Waals surface area contributed by atoms with Gasteiger partial charge in [0.2, 0.25) is 5.91 Å². The molecule has 1 unspecified atom stereocenters. The number of carbonyl (C=O) groups is 1. The average molecular weight is 449 g/mol. The molecule has 1 aliphatic heterocycles. The van der Waals surface area contributed by atoms with E-state index < -0.39 is 0 Å². The minimum Gasteiger partial charge on any atom is -0.497 e. The van der Waals surface area contributed by atoms with Crippen molar-refractivity contribution in [2.75, 3.05) is 47.0 Å². The fraction of sp³-hybridized carbons (Fsp3) is 0.464. The van der Waals surface area contributed by atoms with E-state index in [1.54, 1.807) is 20.3 Å². The van der Waals surface area contributed by atoms with Crippen molar-refractivity contribution in [2.24, 2.45) is 5.92 Å². The van der Waals surface area contributed by atoms with Crippen LogP contribution in [0.2, 0.25) is 0 Å². The maximum atomic E-state index is 13.1. The molecule has 5 nitrogen and oxygen atoms in total. The lowest BCUT2D eigenvalue weighted by Gasteiger charge is -2.38. The van der Waals surface area contributed by atoms with Gasteiger partial charge in [0.1, 0.15) is 5.75 Å². The Bertz CT molecular complexity index is 915. The number of amides is 1. The molecular weight excluding hydrogens is 412 g/mol. The number of hydrogen-bond donors (Lipinski definition) is 0. The second kappa shape index (κ2) is 11.5. The summed E-state index contributed by atoms with van der Waals surface area (Å²) in [5.41, 5.74) is 4.00. The summed E-state index contributed by atoms with van der Waals surface area (Å²) in [7, 11) is 3.34. The third-order valence-corrected chi connectivity index (χ3v) is 6.99. The molecule has 0 radical (unpaired) electrons. The SMILES string of the molecule is COCCN(CC1CCCN(C2Cc3ccccc3C2)C1)C(=O)/C=C/c1ccc(OC)cc1. The molecule has 2 aromatic rings. The molecule has 5 heteroatoms. The predicted octanol–water partition coefficient (Wildman–Crippen LogP) is 4.06. The van der Waals surface area contributed by atoms with Gasteiger partial charge in [-0.3, -0.25) is 9.69 Å². The highest BCUT2D eigenvalue weighted by atomic mass is 16.5. The Morgan fingerprint density at radius 2 is 1.82 bits per heavy atom. The number of nitrogens with zero attached hydrogens (tertiary/aromatic N) is 2. The van der Waals surface area contributed by atoms with Gasteiger partial charge in [-0.1, -0.05) is 36.4 Å². The van der Waals surface area contributed by atoms with Crippen LogP contribution < -0.4 is 4.74 Å². The summed E-state index contributed by atoms with van der Waals surface area (Å²) in [6, 6.07) is 17.2. The molecule has 0 aromatic heterocycles. The first-order chi connectivity index (χ1) is 16.2. The van der Waals surface area contributed by atoms with Crippen molar-refractivity contribution < 1.29 is 14.3 Å². The molecule has 176 valence electrons. The minimum atomic E-state index is 0.0493. The second-order valence-electron chi connectivity index (χ2n) is 9.22. The molecule has 2 aliphatic rings. The summed E-state index contributed by atoms with van der Waals surface area (Å²) in [5.74, 6) is 1.36. The topological polar surface area (TPSA) is 42.0 Å². The van der Waals surface area contributed by atoms with Crippen molar-refractivity contribution in [3.63, 3.8) is 0 Å². The third-order valence-electron chi connectivity index (χ3n) is 6.99. The standard InChI is InChI=1S/C28H36N2O3/c1-32-17-16-30(28(31)14-11-22-9-12-27(33-2)13-10-22)21-23-6-5-15-29(20-23)26-18-24-7-3-4-8-25(24)19-26/h3-4,7-14,23,26H,5-6,15-21H2,1-2H3/b14-11+. The van der Waals surface area contributed by atoms with E-state index in [9.17, 15) is 4.79 Å². The molecule has 1 heterocycles. The number of rotatable bonds is 9. The molecule has 33 heavy (non-hydrogen) atoms. The van der Waals surface area contributed by atoms with Gasteiger partial charge in [-0.05, 0) is 73.0 Å². The summed E-state index contributed by atoms with van der Waals surface area (Å²) in [6.45, 7) is 4.19. The number of piperidine rings is 1. The molecular formula is C28H36N2O3. The number of fused-ring (bicyclic) bond motifs is 1. The predicted molar refractivity (Wildman–Crippen MR) is 132 cm³/mol. The Hall–Kier alpha value is -2.63. The quantitative estimate of drug-likeness (QED) is 0.543. The Kier molecular flexibility index (Phi) is 8.19. The van der Waals surface area contributed by atoms with Crippen LogP contribution >= 0.6 is 0 Å². The van der Waals surface area contributed by atoms with E-state index in [0.29, 0.717) is 25.1 Å². The fourth-order valence-electron chi connectivity index (χ4n) is 5.16. The van der Waals surface area contributed by atoms with Gasteiger partial charge in [-0.2, -0.15) is 0 Å². The van der Waals surface area contributed by atoms with Crippen LogP contribution in [0.25, 0.3) is 6.08 Å². The Labute approximate surface area is 198 Å². The molecule has 0 N–H and O–H groups in total. The lowest BCUT2D eigenvalue weighted by Crippen LogP contribution is -2.47. The van der Waals surface area contributed by atoms with Crippen molar-refractivity contribution in [2.45, 2.75) is 31.7 Å². The number of carbonyl (C=O) groups excluding carboxylic acids is 1. The summed E-state index contributed by atoms with van der Waals surface area (Å²) in [6.07, 6.45) is 8.25. The van der Waals surface area contributed by atoms with Crippen LogP contribution in [0.3, 0.4) is 0 Å². The van der Waals surface area contributed by atoms with Crippen LogP contribution in [-0.2, 0) is 22.4 Å². The number of hydrogen-bond acceptors (Lipinski definition) is 4. The zero-order valence-electron chi connectivity index (χ0n) is 19.9. The lowest BCUT2D eigenvalue weighted by molar-refractivity contribution is -0.127. The Morgan fingerprint density at radius 1 is 1.09 bits per heavy atom. The zero-order valence-corrected chi connectivity index (χ0v) is 19.9. The van der Waals surface area contributed by atoms with E-state index in [2.05, 4.69) is 29.2 Å². The Morgan fingerprint density at radius 3 is 2.48 bits per heavy atom. The highest BCUT2D eigenvalue weighted by molar-refractivity contribution is 5.91. The molecule has 1 aliphatic carbocycles. The van der Waals surface area contributed by atoms with Gasteiger partial charge in [-0.25, -0.2) is 0 Å². The van der Waals surface area contributed by atoms with E-state index in [-0.39, 0.29) is 5.91 Å². The molecule has 1 fully saturated rings. The first kappa shape index (κ1) is 23.5. The van der Waals surface area contributed by atoms with Crippen LogP contribution in [0.15, 0.2) is 54.6 Å². The van der Waals surface area contributed by atoms with Gasteiger partial charge in [-0.15, -0.1) is 0 Å². The molecule has 1 amide bonds. The number of likely N-dealkylation sites (tertiary alicyclic amines) is 1. The average Bonchev–Trinajstić information content (AvgIpc) is 3.30. The molecule has 0 bridgehead atoms. The van der Waals surface area contributed by atoms with E-state index >= 15 is 0 Å². The van der Waals surface area contributed by atoms with Gasteiger partial charge >= 0.3 is 0 Å². The maximum Gasteiger partial charge on any atom is 0.246 e. The molecule has 0 spiro atoms. The van der Waals surface area contributed by atoms with Crippen LogP contribution in [0.4, 0.5) is 0 Å². The molecule has 1 saturated heterocycles. The highest BCUT2D eigenvalue weighted by Gasteiger charge is 2.31. The number of methoxy groups -OCH3 is 2. The normalized spacial score (nSPS) is 19.0. The second-order valence-corrected chi connectivity index (χ2v) is 9.22. The van der Waals surface area contributed by atoms with Crippen LogP contribution in [0.5, 0.6) is 5.75 Å². The van der Waals surface area contributed by atoms with Crippen molar-refractivity contribution in [3.05, 3.63) is 71.3 Å². The smallest absolute Gasteiger partial charge is 0.246 e. The van der Waals surface area contributed by atoms with Crippen molar-refractivity contribution in [1.82, 2.24) is 9.80 Å².